The van der Waals surface area contributed by atoms with E-state index >= 15 is 0 Å². The third-order valence-electron chi connectivity index (χ3n) is 3.87. The van der Waals surface area contributed by atoms with Crippen molar-refractivity contribution in [2.45, 2.75) is 6.92 Å². The SMILES string of the molecule is COc1ccccc1OCCNC(=O)CN(c1ccc(Cl)cc1C)S(C)(=O)=O. The van der Waals surface area contributed by atoms with Gasteiger partial charge >= 0.3 is 0 Å². The average Bonchev–Trinajstić information content (AvgIpc) is 2.63. The second-order valence-corrected chi connectivity index (χ2v) is 8.39. The Morgan fingerprint density at radius 2 is 1.86 bits per heavy atom. The van der Waals surface area contributed by atoms with E-state index in [1.54, 1.807) is 44.4 Å². The standard InChI is InChI=1S/C19H23ClN2O5S/c1-14-12-15(20)8-9-16(14)22(28(3,24)25)13-19(23)21-10-11-27-18-7-5-4-6-17(18)26-2/h4-9,12H,10-11,13H2,1-3H3,(H,21,23). The molecule has 0 aliphatic heterocycles. The molecule has 9 heteroatoms. The number of nitrogens with zero attached hydrogens (tertiary/aromatic N) is 1. The minimum Gasteiger partial charge on any atom is -0.493 e. The Kier molecular flexibility index (Phi) is 7.53. The van der Waals surface area contributed by atoms with Crippen molar-refractivity contribution in [1.82, 2.24) is 5.32 Å². The van der Waals surface area contributed by atoms with Gasteiger partial charge in [0.1, 0.15) is 13.2 Å². The number of amides is 1. The third-order valence-corrected chi connectivity index (χ3v) is 5.23. The number of rotatable bonds is 9. The van der Waals surface area contributed by atoms with Gasteiger partial charge in [0.15, 0.2) is 11.5 Å². The molecule has 0 atom stereocenters. The van der Waals surface area contributed by atoms with Crippen LogP contribution in [0, 0.1) is 6.92 Å². The van der Waals surface area contributed by atoms with Crippen molar-refractivity contribution in [3.05, 3.63) is 53.1 Å². The summed E-state index contributed by atoms with van der Waals surface area (Å²) in [6.07, 6.45) is 1.05. The molecule has 0 aromatic heterocycles. The summed E-state index contributed by atoms with van der Waals surface area (Å²) in [5.74, 6) is 0.715. The van der Waals surface area contributed by atoms with E-state index in [1.807, 2.05) is 12.1 Å². The molecule has 0 spiro atoms. The van der Waals surface area contributed by atoms with Gasteiger partial charge in [-0.05, 0) is 42.8 Å². The molecular formula is C19H23ClN2O5S. The summed E-state index contributed by atoms with van der Waals surface area (Å²) in [4.78, 5) is 12.3. The minimum atomic E-state index is -3.65. The van der Waals surface area contributed by atoms with Crippen LogP contribution in [0.2, 0.25) is 5.02 Å². The predicted octanol–water partition coefficient (Wildman–Crippen LogP) is 2.62. The number of carbonyl (C=O) groups is 1. The van der Waals surface area contributed by atoms with Crippen molar-refractivity contribution in [3.8, 4) is 11.5 Å². The number of carbonyl (C=O) groups excluding carboxylic acids is 1. The van der Waals surface area contributed by atoms with E-state index in [-0.39, 0.29) is 19.7 Å². The van der Waals surface area contributed by atoms with Gasteiger partial charge in [-0.25, -0.2) is 8.42 Å². The number of anilines is 1. The predicted molar refractivity (Wildman–Crippen MR) is 110 cm³/mol. The zero-order valence-corrected chi connectivity index (χ0v) is 17.5. The van der Waals surface area contributed by atoms with E-state index in [0.717, 1.165) is 10.6 Å². The second kappa shape index (κ2) is 9.66. The first-order valence-corrected chi connectivity index (χ1v) is 10.7. The van der Waals surface area contributed by atoms with E-state index < -0.39 is 15.9 Å². The number of sulfonamides is 1. The van der Waals surface area contributed by atoms with Crippen LogP contribution < -0.4 is 19.1 Å². The van der Waals surface area contributed by atoms with Crippen molar-refractivity contribution >= 4 is 33.2 Å². The summed E-state index contributed by atoms with van der Waals surface area (Å²) < 4.78 is 36.1. The van der Waals surface area contributed by atoms with Gasteiger partial charge in [0, 0.05) is 5.02 Å². The minimum absolute atomic E-state index is 0.213. The van der Waals surface area contributed by atoms with Crippen molar-refractivity contribution in [3.63, 3.8) is 0 Å². The first-order valence-electron chi connectivity index (χ1n) is 8.48. The zero-order valence-electron chi connectivity index (χ0n) is 15.9. The molecule has 152 valence electrons. The molecule has 2 rings (SSSR count). The van der Waals surface area contributed by atoms with Crippen molar-refractivity contribution in [1.29, 1.82) is 0 Å². The highest BCUT2D eigenvalue weighted by Gasteiger charge is 2.22. The lowest BCUT2D eigenvalue weighted by atomic mass is 10.2. The largest absolute Gasteiger partial charge is 0.493 e. The van der Waals surface area contributed by atoms with E-state index in [9.17, 15) is 13.2 Å². The summed E-state index contributed by atoms with van der Waals surface area (Å²) in [7, 11) is -2.11. The number of hydrogen-bond donors (Lipinski definition) is 1. The highest BCUT2D eigenvalue weighted by Crippen LogP contribution is 2.26. The maximum atomic E-state index is 12.3. The molecule has 0 fully saturated rings. The van der Waals surface area contributed by atoms with E-state index in [0.29, 0.717) is 27.8 Å². The first kappa shape index (κ1) is 21.8. The van der Waals surface area contributed by atoms with Crippen molar-refractivity contribution < 1.29 is 22.7 Å². The topological polar surface area (TPSA) is 84.9 Å². The van der Waals surface area contributed by atoms with Crippen LogP contribution in [0.25, 0.3) is 0 Å². The number of ether oxygens (including phenoxy) is 2. The Morgan fingerprint density at radius 1 is 1.18 bits per heavy atom. The molecule has 2 aromatic carbocycles. The van der Waals surface area contributed by atoms with Gasteiger partial charge in [-0.3, -0.25) is 9.10 Å². The van der Waals surface area contributed by atoms with E-state index in [4.69, 9.17) is 21.1 Å². The van der Waals surface area contributed by atoms with Gasteiger partial charge in [0.2, 0.25) is 15.9 Å². The van der Waals surface area contributed by atoms with Crippen LogP contribution >= 0.6 is 11.6 Å². The van der Waals surface area contributed by atoms with Crippen LogP contribution in [0.3, 0.4) is 0 Å². The fourth-order valence-corrected chi connectivity index (χ4v) is 3.70. The first-order chi connectivity index (χ1) is 13.2. The van der Waals surface area contributed by atoms with Gasteiger partial charge in [-0.2, -0.15) is 0 Å². The summed E-state index contributed by atoms with van der Waals surface area (Å²) in [5, 5.41) is 3.15. The molecule has 0 radical (unpaired) electrons. The van der Waals surface area contributed by atoms with Crippen LogP contribution in [0.15, 0.2) is 42.5 Å². The van der Waals surface area contributed by atoms with Crippen molar-refractivity contribution in [2.24, 2.45) is 0 Å². The zero-order chi connectivity index (χ0) is 20.7. The number of nitrogens with one attached hydrogen (secondary N) is 1. The summed E-state index contributed by atoms with van der Waals surface area (Å²) in [5.41, 5.74) is 1.07. The van der Waals surface area contributed by atoms with E-state index in [2.05, 4.69) is 5.32 Å². The smallest absolute Gasteiger partial charge is 0.240 e. The van der Waals surface area contributed by atoms with Crippen LogP contribution in [0.5, 0.6) is 11.5 Å². The fraction of sp³-hybridized carbons (Fsp3) is 0.316. The molecule has 0 saturated carbocycles. The maximum Gasteiger partial charge on any atom is 0.240 e. The number of methoxy groups -OCH3 is 1. The molecule has 7 nitrogen and oxygen atoms in total. The van der Waals surface area contributed by atoms with Crippen LogP contribution in [0.1, 0.15) is 5.56 Å². The van der Waals surface area contributed by atoms with Crippen LogP contribution in [-0.2, 0) is 14.8 Å². The van der Waals surface area contributed by atoms with Crippen molar-refractivity contribution in [2.75, 3.05) is 37.4 Å². The molecule has 1 N–H and O–H groups in total. The molecule has 0 unspecified atom stereocenters. The molecule has 0 bridgehead atoms. The quantitative estimate of drug-likeness (QED) is 0.623. The molecule has 0 heterocycles. The Hall–Kier alpha value is -2.45. The number of halogens is 1. The summed E-state index contributed by atoms with van der Waals surface area (Å²) in [6, 6.07) is 12.0. The number of aryl methyl sites for hydroxylation is 1. The summed E-state index contributed by atoms with van der Waals surface area (Å²) in [6.45, 7) is 1.83. The monoisotopic (exact) mass is 426 g/mol. The molecule has 1 amide bonds. The molecule has 2 aromatic rings. The number of hydrogen-bond acceptors (Lipinski definition) is 5. The Bertz CT molecular complexity index is 934. The Labute approximate surface area is 170 Å². The lowest BCUT2D eigenvalue weighted by molar-refractivity contribution is -0.119. The van der Waals surface area contributed by atoms with Gasteiger partial charge in [0.25, 0.3) is 0 Å². The number of benzene rings is 2. The molecule has 0 saturated heterocycles. The number of para-hydroxylation sites is 2. The fourth-order valence-electron chi connectivity index (χ4n) is 2.56. The van der Waals surface area contributed by atoms with E-state index in [1.165, 1.54) is 0 Å². The van der Waals surface area contributed by atoms with Gasteiger partial charge in [-0.15, -0.1) is 0 Å². The molecular weight excluding hydrogens is 404 g/mol. The second-order valence-electron chi connectivity index (χ2n) is 6.05. The van der Waals surface area contributed by atoms with Crippen LogP contribution in [-0.4, -0.2) is 47.4 Å². The Balaban J connectivity index is 1.95. The maximum absolute atomic E-state index is 12.3. The van der Waals surface area contributed by atoms with Crippen LogP contribution in [0.4, 0.5) is 5.69 Å². The highest BCUT2D eigenvalue weighted by atomic mass is 35.5. The van der Waals surface area contributed by atoms with Gasteiger partial charge < -0.3 is 14.8 Å². The Morgan fingerprint density at radius 3 is 2.46 bits per heavy atom. The molecule has 0 aliphatic carbocycles. The average molecular weight is 427 g/mol. The summed E-state index contributed by atoms with van der Waals surface area (Å²) >= 11 is 5.93. The van der Waals surface area contributed by atoms with Gasteiger partial charge in [0.05, 0.1) is 25.6 Å². The normalized spacial score (nSPS) is 11.0. The molecule has 28 heavy (non-hydrogen) atoms. The lowest BCUT2D eigenvalue weighted by Crippen LogP contribution is -2.41. The highest BCUT2D eigenvalue weighted by molar-refractivity contribution is 7.92. The van der Waals surface area contributed by atoms with Gasteiger partial charge in [-0.1, -0.05) is 23.7 Å². The third kappa shape index (κ3) is 6.03. The molecule has 0 aliphatic rings. The lowest BCUT2D eigenvalue weighted by Gasteiger charge is -2.23.